The third-order valence-electron chi connectivity index (χ3n) is 5.01. The van der Waals surface area contributed by atoms with Gasteiger partial charge < -0.3 is 14.7 Å². The largest absolute Gasteiger partial charge is 0.490 e. The first kappa shape index (κ1) is 23.8. The number of hydrogen-bond donors (Lipinski definition) is 1. The van der Waals surface area contributed by atoms with E-state index < -0.39 is 12.1 Å². The topological polar surface area (TPSA) is 70.1 Å². The molecule has 0 bridgehead atoms. The second-order valence-corrected chi connectivity index (χ2v) is 7.24. The molecule has 0 atom stereocenters. The monoisotopic (exact) mass is 432 g/mol. The van der Waals surface area contributed by atoms with E-state index in [0.717, 1.165) is 38.0 Å². The number of carboxylic acid groups (broad SMARTS) is 1. The lowest BCUT2D eigenvalue weighted by atomic mass is 9.89. The standard InChI is InChI=1S/C18H23FN2O2.C2HF3O2/c1-2-9-21-14-18(23-13-17(21)22)7-10-20(11-8-18)12-15-3-5-16(19)6-4-15;3-2(4,5)1(6)7/h2-6H,1,7-14H2;(H,6,7). The summed E-state index contributed by atoms with van der Waals surface area (Å²) in [5.41, 5.74) is 0.909. The number of amides is 1. The van der Waals surface area contributed by atoms with Crippen LogP contribution in [0.2, 0.25) is 0 Å². The molecule has 0 aliphatic carbocycles. The summed E-state index contributed by atoms with van der Waals surface area (Å²) in [7, 11) is 0. The van der Waals surface area contributed by atoms with Crippen molar-refractivity contribution in [1.29, 1.82) is 0 Å². The Labute approximate surface area is 171 Å². The summed E-state index contributed by atoms with van der Waals surface area (Å²) in [4.78, 5) is 24.9. The normalized spacial score (nSPS) is 19.2. The smallest absolute Gasteiger partial charge is 0.475 e. The van der Waals surface area contributed by atoms with Crippen molar-refractivity contribution in [1.82, 2.24) is 9.80 Å². The van der Waals surface area contributed by atoms with E-state index in [2.05, 4.69) is 11.5 Å². The first-order chi connectivity index (χ1) is 14.0. The van der Waals surface area contributed by atoms with Gasteiger partial charge in [-0.15, -0.1) is 6.58 Å². The van der Waals surface area contributed by atoms with Crippen molar-refractivity contribution in [2.75, 3.05) is 32.8 Å². The van der Waals surface area contributed by atoms with Crippen LogP contribution >= 0.6 is 0 Å². The van der Waals surface area contributed by atoms with Gasteiger partial charge in [-0.2, -0.15) is 13.2 Å². The molecule has 2 aliphatic rings. The lowest BCUT2D eigenvalue weighted by Crippen LogP contribution is -2.58. The molecule has 2 saturated heterocycles. The molecule has 2 heterocycles. The number of alkyl halides is 3. The van der Waals surface area contributed by atoms with E-state index in [-0.39, 0.29) is 23.9 Å². The summed E-state index contributed by atoms with van der Waals surface area (Å²) >= 11 is 0. The highest BCUT2D eigenvalue weighted by Gasteiger charge is 2.41. The summed E-state index contributed by atoms with van der Waals surface area (Å²) in [6.45, 7) is 7.81. The summed E-state index contributed by atoms with van der Waals surface area (Å²) in [6, 6.07) is 6.68. The molecule has 1 aromatic carbocycles. The second-order valence-electron chi connectivity index (χ2n) is 7.24. The van der Waals surface area contributed by atoms with Crippen molar-refractivity contribution in [2.45, 2.75) is 31.2 Å². The van der Waals surface area contributed by atoms with Gasteiger partial charge in [0.2, 0.25) is 5.91 Å². The van der Waals surface area contributed by atoms with Gasteiger partial charge in [0.05, 0.1) is 12.1 Å². The van der Waals surface area contributed by atoms with E-state index >= 15 is 0 Å². The van der Waals surface area contributed by atoms with Crippen LogP contribution in [0.25, 0.3) is 0 Å². The van der Waals surface area contributed by atoms with Crippen molar-refractivity contribution in [3.8, 4) is 0 Å². The van der Waals surface area contributed by atoms with Gasteiger partial charge in [-0.3, -0.25) is 9.69 Å². The molecule has 3 rings (SSSR count). The van der Waals surface area contributed by atoms with Crippen molar-refractivity contribution >= 4 is 11.9 Å². The number of ether oxygens (including phenoxy) is 1. The minimum absolute atomic E-state index is 0.0456. The van der Waals surface area contributed by atoms with Gasteiger partial charge in [0, 0.05) is 26.2 Å². The van der Waals surface area contributed by atoms with E-state index in [1.807, 2.05) is 17.0 Å². The summed E-state index contributed by atoms with van der Waals surface area (Å²) in [5, 5.41) is 7.12. The molecule has 1 N–H and O–H groups in total. The Morgan fingerprint density at radius 1 is 1.23 bits per heavy atom. The van der Waals surface area contributed by atoms with Crippen LogP contribution in [0.4, 0.5) is 17.6 Å². The van der Waals surface area contributed by atoms with Crippen molar-refractivity contribution < 1.29 is 37.0 Å². The van der Waals surface area contributed by atoms with Crippen LogP contribution in [0.5, 0.6) is 0 Å². The van der Waals surface area contributed by atoms with Crippen LogP contribution < -0.4 is 0 Å². The van der Waals surface area contributed by atoms with Gasteiger partial charge in [0.1, 0.15) is 12.4 Å². The molecule has 10 heteroatoms. The van der Waals surface area contributed by atoms with E-state index in [1.54, 1.807) is 6.08 Å². The number of likely N-dealkylation sites (tertiary alicyclic amines) is 1. The molecule has 1 spiro atoms. The average molecular weight is 432 g/mol. The minimum atomic E-state index is -5.08. The van der Waals surface area contributed by atoms with Gasteiger partial charge in [-0.25, -0.2) is 9.18 Å². The fourth-order valence-corrected chi connectivity index (χ4v) is 3.38. The van der Waals surface area contributed by atoms with Gasteiger partial charge in [-0.05, 0) is 30.5 Å². The number of carbonyl (C=O) groups excluding carboxylic acids is 1. The lowest BCUT2D eigenvalue weighted by molar-refractivity contribution is -0.192. The molecule has 0 unspecified atom stereocenters. The number of rotatable bonds is 4. The van der Waals surface area contributed by atoms with E-state index in [4.69, 9.17) is 14.6 Å². The Hall–Kier alpha value is -2.46. The number of piperidine rings is 1. The van der Waals surface area contributed by atoms with Crippen LogP contribution in [0.3, 0.4) is 0 Å². The van der Waals surface area contributed by atoms with Crippen molar-refractivity contribution in [3.05, 3.63) is 48.3 Å². The first-order valence-electron chi connectivity index (χ1n) is 9.34. The quantitative estimate of drug-likeness (QED) is 0.585. The molecule has 0 saturated carbocycles. The molecule has 30 heavy (non-hydrogen) atoms. The van der Waals surface area contributed by atoms with E-state index in [1.165, 1.54) is 12.1 Å². The molecule has 2 aliphatic heterocycles. The zero-order valence-electron chi connectivity index (χ0n) is 16.3. The fourth-order valence-electron chi connectivity index (χ4n) is 3.38. The predicted octanol–water partition coefficient (Wildman–Crippen LogP) is 2.84. The van der Waals surface area contributed by atoms with Gasteiger partial charge in [0.25, 0.3) is 0 Å². The average Bonchev–Trinajstić information content (AvgIpc) is 2.69. The molecule has 1 aromatic rings. The highest BCUT2D eigenvalue weighted by molar-refractivity contribution is 5.78. The maximum absolute atomic E-state index is 13.0. The molecule has 0 aromatic heterocycles. The maximum Gasteiger partial charge on any atom is 0.490 e. The van der Waals surface area contributed by atoms with E-state index in [0.29, 0.717) is 13.1 Å². The van der Waals surface area contributed by atoms with Crippen LogP contribution in [-0.4, -0.2) is 71.3 Å². The number of hydrogen-bond acceptors (Lipinski definition) is 4. The SMILES string of the molecule is C=CCN1CC2(CCN(Cc3ccc(F)cc3)CC2)OCC1=O.O=C(O)C(F)(F)F. The Morgan fingerprint density at radius 3 is 2.30 bits per heavy atom. The molecule has 6 nitrogen and oxygen atoms in total. The van der Waals surface area contributed by atoms with Gasteiger partial charge in [0.15, 0.2) is 0 Å². The number of halogens is 4. The first-order valence-corrected chi connectivity index (χ1v) is 9.34. The van der Waals surface area contributed by atoms with Crippen molar-refractivity contribution in [2.24, 2.45) is 0 Å². The maximum atomic E-state index is 13.0. The molecule has 0 radical (unpaired) electrons. The highest BCUT2D eigenvalue weighted by atomic mass is 19.4. The lowest BCUT2D eigenvalue weighted by Gasteiger charge is -2.46. The zero-order chi connectivity index (χ0) is 22.4. The minimum Gasteiger partial charge on any atom is -0.475 e. The predicted molar refractivity (Wildman–Crippen MR) is 100 cm³/mol. The highest BCUT2D eigenvalue weighted by Crippen LogP contribution is 2.31. The molecular formula is C20H24F4N2O4. The number of carboxylic acids is 1. The summed E-state index contributed by atoms with van der Waals surface area (Å²) in [5.74, 6) is -2.91. The molecule has 166 valence electrons. The number of aliphatic carboxylic acids is 1. The number of benzene rings is 1. The zero-order valence-corrected chi connectivity index (χ0v) is 16.3. The number of morpholine rings is 1. The fraction of sp³-hybridized carbons (Fsp3) is 0.500. The molecule has 1 amide bonds. The number of nitrogens with zero attached hydrogens (tertiary/aromatic N) is 2. The Balaban J connectivity index is 0.000000396. The van der Waals surface area contributed by atoms with Crippen LogP contribution in [0, 0.1) is 5.82 Å². The molecular weight excluding hydrogens is 408 g/mol. The van der Waals surface area contributed by atoms with E-state index in [9.17, 15) is 22.4 Å². The van der Waals surface area contributed by atoms with Gasteiger partial charge in [-0.1, -0.05) is 18.2 Å². The Kier molecular flexibility index (Phi) is 7.96. The van der Waals surface area contributed by atoms with Crippen molar-refractivity contribution in [3.63, 3.8) is 0 Å². The second kappa shape index (κ2) is 10.0. The van der Waals surface area contributed by atoms with Crippen LogP contribution in [0.1, 0.15) is 18.4 Å². The third kappa shape index (κ3) is 6.81. The molecule has 2 fully saturated rings. The summed E-state index contributed by atoms with van der Waals surface area (Å²) < 4.78 is 50.6. The van der Waals surface area contributed by atoms with Crippen LogP contribution in [0.15, 0.2) is 36.9 Å². The van der Waals surface area contributed by atoms with Gasteiger partial charge >= 0.3 is 12.1 Å². The Bertz CT molecular complexity index is 744. The summed E-state index contributed by atoms with van der Waals surface area (Å²) in [6.07, 6.45) is -1.50. The van der Waals surface area contributed by atoms with Crippen LogP contribution in [-0.2, 0) is 20.9 Å². The third-order valence-corrected chi connectivity index (χ3v) is 5.01. The number of carbonyl (C=O) groups is 2. The Morgan fingerprint density at radius 2 is 1.80 bits per heavy atom.